The molecule has 1 aromatic carbocycles. The molecule has 0 saturated carbocycles. The van der Waals surface area contributed by atoms with E-state index in [1.807, 2.05) is 37.3 Å². The smallest absolute Gasteiger partial charge is 0.408 e. The summed E-state index contributed by atoms with van der Waals surface area (Å²) >= 11 is 0. The summed E-state index contributed by atoms with van der Waals surface area (Å²) in [6.45, 7) is 6.31. The van der Waals surface area contributed by atoms with E-state index in [-0.39, 0.29) is 13.0 Å². The minimum Gasteiger partial charge on any atom is -0.480 e. The van der Waals surface area contributed by atoms with Crippen molar-refractivity contribution in [2.24, 2.45) is 0 Å². The number of aromatic nitrogens is 1. The zero-order chi connectivity index (χ0) is 26.3. The number of nitrogens with one attached hydrogen (secondary N) is 2. The van der Waals surface area contributed by atoms with E-state index in [4.69, 9.17) is 14.5 Å². The average molecular weight is 513 g/mol. The molecular formula is C28H40N4O5. The van der Waals surface area contributed by atoms with E-state index in [9.17, 15) is 14.7 Å². The fourth-order valence-corrected chi connectivity index (χ4v) is 4.30. The van der Waals surface area contributed by atoms with Crippen LogP contribution in [0.4, 0.5) is 10.6 Å². The summed E-state index contributed by atoms with van der Waals surface area (Å²) in [5, 5.41) is 15.5. The van der Waals surface area contributed by atoms with Crippen LogP contribution in [-0.2, 0) is 33.7 Å². The van der Waals surface area contributed by atoms with Crippen LogP contribution < -0.4 is 10.6 Å². The first-order chi connectivity index (χ1) is 18.0. The second kappa shape index (κ2) is 15.8. The van der Waals surface area contributed by atoms with Crippen LogP contribution in [0.2, 0.25) is 0 Å². The van der Waals surface area contributed by atoms with Crippen molar-refractivity contribution in [3.05, 3.63) is 59.3 Å². The fourth-order valence-electron chi connectivity index (χ4n) is 4.30. The predicted molar refractivity (Wildman–Crippen MR) is 143 cm³/mol. The third kappa shape index (κ3) is 10.4. The second-order valence-corrected chi connectivity index (χ2v) is 9.22. The summed E-state index contributed by atoms with van der Waals surface area (Å²) < 4.78 is 10.7. The molecule has 9 nitrogen and oxygen atoms in total. The maximum atomic E-state index is 12.2. The van der Waals surface area contributed by atoms with Gasteiger partial charge in [0.1, 0.15) is 18.5 Å². The highest BCUT2D eigenvalue weighted by molar-refractivity contribution is 5.79. The van der Waals surface area contributed by atoms with Gasteiger partial charge < -0.3 is 30.1 Å². The molecule has 0 radical (unpaired) electrons. The number of carbonyl (C=O) groups is 2. The number of aryl methyl sites for hydroxylation is 2. The van der Waals surface area contributed by atoms with Crippen molar-refractivity contribution in [3.63, 3.8) is 0 Å². The Balaban J connectivity index is 1.43. The molecule has 0 aliphatic carbocycles. The van der Waals surface area contributed by atoms with Crippen LogP contribution in [0.3, 0.4) is 0 Å². The zero-order valence-electron chi connectivity index (χ0n) is 21.8. The largest absolute Gasteiger partial charge is 0.480 e. The first-order valence-corrected chi connectivity index (χ1v) is 13.3. The molecule has 0 fully saturated rings. The Morgan fingerprint density at radius 3 is 2.76 bits per heavy atom. The standard InChI is InChI=1S/C28H40N4O5/c1-2-36-20-19-32(17-7-6-12-24-14-13-23-11-8-16-29-26(23)30-24)18-15-25(27(33)34)31-28(35)37-21-22-9-4-3-5-10-22/h3-5,9-10,13-14,25H,2,6-8,11-12,15-21H2,1H3,(H,29,30)(H,31,35)(H,33,34)/t25-/m0/s1. The topological polar surface area (TPSA) is 113 Å². The molecule has 2 heterocycles. The van der Waals surface area contributed by atoms with Gasteiger partial charge in [0, 0.05) is 31.9 Å². The van der Waals surface area contributed by atoms with Crippen LogP contribution in [0.25, 0.3) is 0 Å². The number of pyridine rings is 1. The number of fused-ring (bicyclic) bond motifs is 1. The van der Waals surface area contributed by atoms with Crippen molar-refractivity contribution in [1.82, 2.24) is 15.2 Å². The van der Waals surface area contributed by atoms with Gasteiger partial charge in [0.15, 0.2) is 0 Å². The van der Waals surface area contributed by atoms with Gasteiger partial charge in [-0.2, -0.15) is 0 Å². The molecule has 2 aromatic rings. The molecule has 0 saturated heterocycles. The SMILES string of the molecule is CCOCCN(CCCCc1ccc2c(n1)NCCC2)CC[C@H](NC(=O)OCc1ccccc1)C(=O)O. The lowest BCUT2D eigenvalue weighted by molar-refractivity contribution is -0.139. The monoisotopic (exact) mass is 512 g/mol. The fraction of sp³-hybridized carbons (Fsp3) is 0.536. The average Bonchev–Trinajstić information content (AvgIpc) is 2.92. The Bertz CT molecular complexity index is 972. The molecular weight excluding hydrogens is 472 g/mol. The summed E-state index contributed by atoms with van der Waals surface area (Å²) in [6.07, 6.45) is 4.64. The van der Waals surface area contributed by atoms with Crippen LogP contribution in [0, 0.1) is 0 Å². The third-order valence-electron chi connectivity index (χ3n) is 6.40. The Labute approximate surface area is 219 Å². The number of carbonyl (C=O) groups excluding carboxylic acids is 1. The van der Waals surface area contributed by atoms with Gasteiger partial charge in [0.2, 0.25) is 0 Å². The number of rotatable bonds is 16. The van der Waals surface area contributed by atoms with Gasteiger partial charge in [-0.25, -0.2) is 14.6 Å². The van der Waals surface area contributed by atoms with Gasteiger partial charge >= 0.3 is 12.1 Å². The molecule has 37 heavy (non-hydrogen) atoms. The molecule has 1 aliphatic rings. The molecule has 1 aromatic heterocycles. The highest BCUT2D eigenvalue weighted by Crippen LogP contribution is 2.20. The van der Waals surface area contributed by atoms with E-state index < -0.39 is 18.1 Å². The number of amides is 1. The molecule has 3 rings (SSSR count). The van der Waals surface area contributed by atoms with Crippen molar-refractivity contribution in [3.8, 4) is 0 Å². The van der Waals surface area contributed by atoms with E-state index in [0.29, 0.717) is 26.3 Å². The Kier molecular flexibility index (Phi) is 12.2. The number of hydrogen-bond acceptors (Lipinski definition) is 7. The number of carboxylic acid groups (broad SMARTS) is 1. The van der Waals surface area contributed by atoms with Gasteiger partial charge in [0.05, 0.1) is 6.61 Å². The third-order valence-corrected chi connectivity index (χ3v) is 6.40. The van der Waals surface area contributed by atoms with E-state index in [1.54, 1.807) is 0 Å². The second-order valence-electron chi connectivity index (χ2n) is 9.22. The first-order valence-electron chi connectivity index (χ1n) is 13.3. The first kappa shape index (κ1) is 28.4. The van der Waals surface area contributed by atoms with Crippen LogP contribution >= 0.6 is 0 Å². The minimum absolute atomic E-state index is 0.0919. The normalized spacial score (nSPS) is 13.5. The van der Waals surface area contributed by atoms with Crippen LogP contribution in [0.15, 0.2) is 42.5 Å². The lowest BCUT2D eigenvalue weighted by Gasteiger charge is -2.24. The lowest BCUT2D eigenvalue weighted by atomic mass is 10.1. The van der Waals surface area contributed by atoms with Crippen LogP contribution in [-0.4, -0.2) is 72.5 Å². The maximum Gasteiger partial charge on any atom is 0.408 e. The summed E-state index contributed by atoms with van der Waals surface area (Å²) in [5.74, 6) is -0.0508. The highest BCUT2D eigenvalue weighted by Gasteiger charge is 2.22. The lowest BCUT2D eigenvalue weighted by Crippen LogP contribution is -2.43. The van der Waals surface area contributed by atoms with Crippen molar-refractivity contribution in [2.45, 2.75) is 58.1 Å². The number of hydrogen-bond donors (Lipinski definition) is 3. The zero-order valence-corrected chi connectivity index (χ0v) is 21.8. The molecule has 0 unspecified atom stereocenters. The summed E-state index contributed by atoms with van der Waals surface area (Å²) in [4.78, 5) is 30.9. The number of benzene rings is 1. The van der Waals surface area contributed by atoms with Crippen molar-refractivity contribution in [2.75, 3.05) is 44.7 Å². The van der Waals surface area contributed by atoms with Gasteiger partial charge in [-0.3, -0.25) is 0 Å². The number of carboxylic acids is 1. The molecule has 202 valence electrons. The van der Waals surface area contributed by atoms with Gasteiger partial charge in [-0.1, -0.05) is 36.4 Å². The summed E-state index contributed by atoms with van der Waals surface area (Å²) in [7, 11) is 0. The number of ether oxygens (including phenoxy) is 2. The molecule has 0 bridgehead atoms. The van der Waals surface area contributed by atoms with E-state index >= 15 is 0 Å². The Morgan fingerprint density at radius 1 is 1.14 bits per heavy atom. The maximum absolute atomic E-state index is 12.2. The van der Waals surface area contributed by atoms with Crippen LogP contribution in [0.1, 0.15) is 49.4 Å². The van der Waals surface area contributed by atoms with E-state index in [1.165, 1.54) is 5.56 Å². The number of aliphatic carboxylic acids is 1. The number of nitrogens with zero attached hydrogens (tertiary/aromatic N) is 2. The van der Waals surface area contributed by atoms with E-state index in [0.717, 1.165) is 62.3 Å². The molecule has 1 amide bonds. The molecule has 9 heteroatoms. The summed E-state index contributed by atoms with van der Waals surface area (Å²) in [6, 6.07) is 12.6. The quantitative estimate of drug-likeness (QED) is 0.291. The number of unbranched alkanes of at least 4 members (excludes halogenated alkanes) is 1. The summed E-state index contributed by atoms with van der Waals surface area (Å²) in [5.41, 5.74) is 3.23. The van der Waals surface area contributed by atoms with Crippen molar-refractivity contribution in [1.29, 1.82) is 0 Å². The minimum atomic E-state index is -1.08. The number of alkyl carbamates (subject to hydrolysis) is 1. The highest BCUT2D eigenvalue weighted by atomic mass is 16.5. The number of anilines is 1. The molecule has 0 spiro atoms. The Morgan fingerprint density at radius 2 is 1.97 bits per heavy atom. The van der Waals surface area contributed by atoms with Crippen molar-refractivity contribution < 1.29 is 24.2 Å². The Hall–Kier alpha value is -3.17. The molecule has 3 N–H and O–H groups in total. The van der Waals surface area contributed by atoms with E-state index in [2.05, 4.69) is 27.7 Å². The predicted octanol–water partition coefficient (Wildman–Crippen LogP) is 3.87. The molecule has 1 aliphatic heterocycles. The molecule has 1 atom stereocenters. The van der Waals surface area contributed by atoms with Gasteiger partial charge in [-0.05, 0) is 69.2 Å². The van der Waals surface area contributed by atoms with Crippen molar-refractivity contribution >= 4 is 17.9 Å². The van der Waals surface area contributed by atoms with Gasteiger partial charge in [0.25, 0.3) is 0 Å². The van der Waals surface area contributed by atoms with Gasteiger partial charge in [-0.15, -0.1) is 0 Å². The van der Waals surface area contributed by atoms with Crippen LogP contribution in [0.5, 0.6) is 0 Å².